The number of hydrogen-bond donors (Lipinski definition) is 2. The second kappa shape index (κ2) is 6.49. The van der Waals surface area contributed by atoms with E-state index >= 15 is 0 Å². The Morgan fingerprint density at radius 1 is 1.14 bits per heavy atom. The lowest BCUT2D eigenvalue weighted by molar-refractivity contribution is -0.114. The van der Waals surface area contributed by atoms with E-state index in [1.165, 1.54) is 16.7 Å². The fourth-order valence-electron chi connectivity index (χ4n) is 2.86. The minimum atomic E-state index is -0.379. The van der Waals surface area contributed by atoms with Crippen LogP contribution in [0.4, 0.5) is 5.69 Å². The molecule has 2 aromatic rings. The van der Waals surface area contributed by atoms with Crippen LogP contribution < -0.4 is 10.6 Å². The predicted molar refractivity (Wildman–Crippen MR) is 86.6 cm³/mol. The number of hydrogen-bond acceptors (Lipinski definition) is 4. The first-order valence-electron chi connectivity index (χ1n) is 7.29. The van der Waals surface area contributed by atoms with E-state index in [0.717, 1.165) is 24.2 Å². The summed E-state index contributed by atoms with van der Waals surface area (Å²) in [6, 6.07) is 14.2. The van der Waals surface area contributed by atoms with Gasteiger partial charge in [-0.1, -0.05) is 41.6 Å². The third kappa shape index (κ3) is 2.89. The van der Waals surface area contributed by atoms with Crippen LogP contribution in [0.2, 0.25) is 0 Å². The third-order valence-corrected chi connectivity index (χ3v) is 3.85. The number of nitroso groups, excluding NO2 is 1. The van der Waals surface area contributed by atoms with Gasteiger partial charge >= 0.3 is 0 Å². The van der Waals surface area contributed by atoms with E-state index in [2.05, 4.69) is 27.9 Å². The van der Waals surface area contributed by atoms with Crippen LogP contribution in [0.25, 0.3) is 11.1 Å². The first-order chi connectivity index (χ1) is 10.8. The molecule has 0 spiro atoms. The van der Waals surface area contributed by atoms with Crippen LogP contribution in [-0.4, -0.2) is 19.0 Å². The SMILES string of the molecule is O=NCC(=O)Nc1ccc(-c2ccccc2)c2c1CNCC2. The number of nitrogens with one attached hydrogen (secondary N) is 2. The molecule has 3 rings (SSSR count). The van der Waals surface area contributed by atoms with Crippen LogP contribution in [-0.2, 0) is 17.8 Å². The summed E-state index contributed by atoms with van der Waals surface area (Å²) in [4.78, 5) is 21.8. The summed E-state index contributed by atoms with van der Waals surface area (Å²) in [5.41, 5.74) is 5.47. The zero-order valence-electron chi connectivity index (χ0n) is 12.1. The normalized spacial score (nSPS) is 13.3. The van der Waals surface area contributed by atoms with E-state index < -0.39 is 0 Å². The number of carbonyl (C=O) groups is 1. The smallest absolute Gasteiger partial charge is 0.249 e. The topological polar surface area (TPSA) is 70.6 Å². The maximum absolute atomic E-state index is 11.6. The average molecular weight is 295 g/mol. The number of amides is 1. The quantitative estimate of drug-likeness (QED) is 0.852. The van der Waals surface area contributed by atoms with Gasteiger partial charge in [0.15, 0.2) is 6.54 Å². The maximum atomic E-state index is 11.6. The Labute approximate surface area is 128 Å². The van der Waals surface area contributed by atoms with E-state index in [9.17, 15) is 9.70 Å². The molecule has 0 atom stereocenters. The van der Waals surface area contributed by atoms with Crippen molar-refractivity contribution >= 4 is 11.6 Å². The highest BCUT2D eigenvalue weighted by Gasteiger charge is 2.18. The van der Waals surface area contributed by atoms with E-state index in [1.54, 1.807) is 0 Å². The van der Waals surface area contributed by atoms with Gasteiger partial charge in [0.1, 0.15) is 0 Å². The molecule has 0 saturated heterocycles. The number of fused-ring (bicyclic) bond motifs is 1. The Bertz CT molecular complexity index is 699. The van der Waals surface area contributed by atoms with Gasteiger partial charge in [0.05, 0.1) is 0 Å². The lowest BCUT2D eigenvalue weighted by atomic mass is 9.90. The summed E-state index contributed by atoms with van der Waals surface area (Å²) in [7, 11) is 0. The Kier molecular flexibility index (Phi) is 4.25. The highest BCUT2D eigenvalue weighted by molar-refractivity contribution is 5.94. The van der Waals surface area contributed by atoms with Gasteiger partial charge in [0.25, 0.3) is 0 Å². The lowest BCUT2D eigenvalue weighted by Crippen LogP contribution is -2.26. The van der Waals surface area contributed by atoms with Crippen molar-refractivity contribution in [3.05, 3.63) is 58.5 Å². The van der Waals surface area contributed by atoms with Crippen LogP contribution in [0.15, 0.2) is 47.6 Å². The van der Waals surface area contributed by atoms with Gasteiger partial charge in [-0.3, -0.25) is 4.79 Å². The molecule has 1 heterocycles. The largest absolute Gasteiger partial charge is 0.324 e. The van der Waals surface area contributed by atoms with Gasteiger partial charge < -0.3 is 10.6 Å². The molecular formula is C17H17N3O2. The molecule has 2 aromatic carbocycles. The summed E-state index contributed by atoms with van der Waals surface area (Å²) < 4.78 is 0. The highest BCUT2D eigenvalue weighted by Crippen LogP contribution is 2.32. The van der Waals surface area contributed by atoms with Crippen LogP contribution in [0.1, 0.15) is 11.1 Å². The number of nitrogens with zero attached hydrogens (tertiary/aromatic N) is 1. The molecule has 0 bridgehead atoms. The molecule has 1 aliphatic rings. The Morgan fingerprint density at radius 3 is 2.73 bits per heavy atom. The van der Waals surface area contributed by atoms with Crippen LogP contribution in [0, 0.1) is 4.91 Å². The van der Waals surface area contributed by atoms with E-state index in [4.69, 9.17) is 0 Å². The van der Waals surface area contributed by atoms with Crippen molar-refractivity contribution in [1.29, 1.82) is 0 Å². The molecule has 0 saturated carbocycles. The van der Waals surface area contributed by atoms with E-state index in [-0.39, 0.29) is 12.5 Å². The molecule has 5 nitrogen and oxygen atoms in total. The van der Waals surface area contributed by atoms with Crippen molar-refractivity contribution in [2.24, 2.45) is 5.18 Å². The molecule has 0 aromatic heterocycles. The zero-order valence-corrected chi connectivity index (χ0v) is 12.1. The van der Waals surface area contributed by atoms with Gasteiger partial charge in [0, 0.05) is 12.2 Å². The van der Waals surface area contributed by atoms with Crippen LogP contribution in [0.3, 0.4) is 0 Å². The molecule has 5 heteroatoms. The summed E-state index contributed by atoms with van der Waals surface area (Å²) in [6.45, 7) is 1.27. The van der Waals surface area contributed by atoms with Crippen molar-refractivity contribution in [2.45, 2.75) is 13.0 Å². The molecule has 1 aliphatic heterocycles. The van der Waals surface area contributed by atoms with Gasteiger partial charge in [-0.05, 0) is 41.3 Å². The first-order valence-corrected chi connectivity index (χ1v) is 7.29. The van der Waals surface area contributed by atoms with Crippen molar-refractivity contribution < 1.29 is 4.79 Å². The molecule has 2 N–H and O–H groups in total. The highest BCUT2D eigenvalue weighted by atomic mass is 16.3. The number of benzene rings is 2. The molecule has 1 amide bonds. The molecular weight excluding hydrogens is 278 g/mol. The first kappa shape index (κ1) is 14.4. The summed E-state index contributed by atoms with van der Waals surface area (Å²) in [6.07, 6.45) is 0.912. The molecule has 22 heavy (non-hydrogen) atoms. The Hall–Kier alpha value is -2.53. The van der Waals surface area contributed by atoms with Crippen molar-refractivity contribution in [2.75, 3.05) is 18.4 Å². The van der Waals surface area contributed by atoms with Crippen LogP contribution >= 0.6 is 0 Å². The predicted octanol–water partition coefficient (Wildman–Crippen LogP) is 2.70. The zero-order chi connectivity index (χ0) is 15.4. The van der Waals surface area contributed by atoms with E-state index in [1.807, 2.05) is 30.3 Å². The maximum Gasteiger partial charge on any atom is 0.249 e. The van der Waals surface area contributed by atoms with Gasteiger partial charge in [-0.15, -0.1) is 0 Å². The summed E-state index contributed by atoms with van der Waals surface area (Å²) >= 11 is 0. The number of anilines is 1. The molecule has 0 unspecified atom stereocenters. The van der Waals surface area contributed by atoms with Gasteiger partial charge in [-0.2, -0.15) is 4.91 Å². The molecule has 0 aliphatic carbocycles. The van der Waals surface area contributed by atoms with Crippen molar-refractivity contribution in [1.82, 2.24) is 5.32 Å². The van der Waals surface area contributed by atoms with Gasteiger partial charge in [0.2, 0.25) is 5.91 Å². The van der Waals surface area contributed by atoms with E-state index in [0.29, 0.717) is 6.54 Å². The monoisotopic (exact) mass is 295 g/mol. The summed E-state index contributed by atoms with van der Waals surface area (Å²) in [5.74, 6) is -0.379. The van der Waals surface area contributed by atoms with Crippen LogP contribution in [0.5, 0.6) is 0 Å². The standard InChI is InChI=1S/C17H17N3O2/c21-17(11-19-22)20-16-7-6-13(12-4-2-1-3-5-12)14-8-9-18-10-15(14)16/h1-7,18H,8-11H2,(H,20,21). The molecule has 0 radical (unpaired) electrons. The second-order valence-electron chi connectivity index (χ2n) is 5.25. The van der Waals surface area contributed by atoms with Gasteiger partial charge in [-0.25, -0.2) is 0 Å². The van der Waals surface area contributed by atoms with Crippen molar-refractivity contribution in [3.63, 3.8) is 0 Å². The Balaban J connectivity index is 2.01. The number of carbonyl (C=O) groups excluding carboxylic acids is 1. The molecule has 112 valence electrons. The summed E-state index contributed by atoms with van der Waals surface area (Å²) in [5, 5.41) is 8.74. The third-order valence-electron chi connectivity index (χ3n) is 3.85. The minimum Gasteiger partial charge on any atom is -0.324 e. The second-order valence-corrected chi connectivity index (χ2v) is 5.25. The fourth-order valence-corrected chi connectivity index (χ4v) is 2.86. The Morgan fingerprint density at radius 2 is 1.95 bits per heavy atom. The fraction of sp³-hybridized carbons (Fsp3) is 0.235. The average Bonchev–Trinajstić information content (AvgIpc) is 2.56. The molecule has 0 fully saturated rings. The van der Waals surface area contributed by atoms with Crippen molar-refractivity contribution in [3.8, 4) is 11.1 Å². The minimum absolute atomic E-state index is 0.358. The number of rotatable bonds is 4. The lowest BCUT2D eigenvalue weighted by Gasteiger charge is -2.24.